The molecule has 0 unspecified atom stereocenters. The van der Waals surface area contributed by atoms with E-state index in [9.17, 15) is 0 Å². The van der Waals surface area contributed by atoms with Crippen LogP contribution >= 0.6 is 0 Å². The van der Waals surface area contributed by atoms with Gasteiger partial charge >= 0.3 is 8.72 Å². The molecule has 1 saturated carbocycles. The summed E-state index contributed by atoms with van der Waals surface area (Å²) in [5, 5.41) is 0.0521. The maximum atomic E-state index is 6.14. The van der Waals surface area contributed by atoms with Crippen LogP contribution in [0.4, 0.5) is 0 Å². The van der Waals surface area contributed by atoms with Crippen LogP contribution in [0.3, 0.4) is 0 Å². The number of rotatable bonds is 6. The van der Waals surface area contributed by atoms with Crippen LogP contribution in [0.25, 0.3) is 0 Å². The molecule has 0 heterocycles. The van der Waals surface area contributed by atoms with Crippen LogP contribution in [0.15, 0.2) is 0 Å². The van der Waals surface area contributed by atoms with Gasteiger partial charge in [-0.15, -0.1) is 0 Å². The molecule has 0 radical (unpaired) electrons. The van der Waals surface area contributed by atoms with Gasteiger partial charge < -0.3 is 8.85 Å². The fourth-order valence-electron chi connectivity index (χ4n) is 2.70. The fourth-order valence-corrected chi connectivity index (χ4v) is 5.88. The third kappa shape index (κ3) is 4.05. The van der Waals surface area contributed by atoms with Crippen molar-refractivity contribution in [2.75, 3.05) is 13.2 Å². The Bertz CT molecular complexity index is 228. The summed E-state index contributed by atoms with van der Waals surface area (Å²) >= 11 is 0. The van der Waals surface area contributed by atoms with Crippen molar-refractivity contribution in [1.29, 1.82) is 0 Å². The Hall–Kier alpha value is 0.0969. The number of hydrogen-bond donors (Lipinski definition) is 1. The normalized spacial score (nSPS) is 19.2. The Morgan fingerprint density at radius 1 is 1.00 bits per heavy atom. The summed E-state index contributed by atoms with van der Waals surface area (Å²) in [5.41, 5.74) is 0. The van der Waals surface area contributed by atoms with Crippen LogP contribution in [0.1, 0.15) is 66.7 Å². The first-order valence-corrected chi connectivity index (χ1v) is 9.32. The van der Waals surface area contributed by atoms with E-state index >= 15 is 0 Å². The fraction of sp³-hybridized carbons (Fsp3) is 1.00. The Balaban J connectivity index is 2.79. The predicted octanol–water partition coefficient (Wildman–Crippen LogP) is 3.72. The van der Waals surface area contributed by atoms with Crippen molar-refractivity contribution in [2.45, 2.75) is 77.8 Å². The van der Waals surface area contributed by atoms with E-state index in [1.165, 1.54) is 32.1 Å². The Kier molecular flexibility index (Phi) is 6.31. The van der Waals surface area contributed by atoms with Gasteiger partial charge in [0.2, 0.25) is 0 Å². The summed E-state index contributed by atoms with van der Waals surface area (Å²) in [4.78, 5) is 3.81. The van der Waals surface area contributed by atoms with Crippen LogP contribution in [0.2, 0.25) is 5.04 Å². The molecule has 1 aliphatic rings. The molecule has 3 nitrogen and oxygen atoms in total. The first kappa shape index (κ1) is 16.2. The van der Waals surface area contributed by atoms with E-state index in [0.29, 0.717) is 6.04 Å². The SMILES string of the molecule is CCO[Si](NC1CCCCC1)(OCC)C(C)(C)C. The lowest BCUT2D eigenvalue weighted by Crippen LogP contribution is -2.65. The van der Waals surface area contributed by atoms with E-state index in [0.717, 1.165) is 13.2 Å². The zero-order chi connectivity index (χ0) is 13.6. The van der Waals surface area contributed by atoms with Gasteiger partial charge in [-0.3, -0.25) is 4.98 Å². The van der Waals surface area contributed by atoms with Crippen molar-refractivity contribution >= 4 is 8.72 Å². The summed E-state index contributed by atoms with van der Waals surface area (Å²) in [6.07, 6.45) is 6.59. The predicted molar refractivity (Wildman–Crippen MR) is 78.7 cm³/mol. The zero-order valence-electron chi connectivity index (χ0n) is 12.8. The molecule has 18 heavy (non-hydrogen) atoms. The molecule has 0 aromatic carbocycles. The van der Waals surface area contributed by atoms with E-state index in [4.69, 9.17) is 8.85 Å². The molecule has 0 amide bonds. The zero-order valence-corrected chi connectivity index (χ0v) is 13.8. The van der Waals surface area contributed by atoms with Gasteiger partial charge in [-0.2, -0.15) is 0 Å². The average molecular weight is 273 g/mol. The van der Waals surface area contributed by atoms with Gasteiger partial charge in [0, 0.05) is 24.3 Å². The molecular weight excluding hydrogens is 242 g/mol. The average Bonchev–Trinajstić information content (AvgIpc) is 2.29. The van der Waals surface area contributed by atoms with Crippen molar-refractivity contribution in [3.63, 3.8) is 0 Å². The Labute approximate surface area is 114 Å². The molecule has 0 bridgehead atoms. The molecule has 0 atom stereocenters. The van der Waals surface area contributed by atoms with Crippen molar-refractivity contribution < 1.29 is 8.85 Å². The second-order valence-electron chi connectivity index (χ2n) is 6.21. The van der Waals surface area contributed by atoms with Gasteiger partial charge in [0.15, 0.2) is 0 Å². The van der Waals surface area contributed by atoms with Gasteiger partial charge in [-0.25, -0.2) is 0 Å². The summed E-state index contributed by atoms with van der Waals surface area (Å²) in [6, 6.07) is 0.586. The lowest BCUT2D eigenvalue weighted by atomic mass is 9.96. The lowest BCUT2D eigenvalue weighted by molar-refractivity contribution is 0.140. The molecule has 0 saturated heterocycles. The Morgan fingerprint density at radius 2 is 1.50 bits per heavy atom. The lowest BCUT2D eigenvalue weighted by Gasteiger charge is -2.43. The minimum Gasteiger partial charge on any atom is -0.383 e. The number of nitrogens with one attached hydrogen (secondary N) is 1. The quantitative estimate of drug-likeness (QED) is 0.748. The maximum absolute atomic E-state index is 6.14. The summed E-state index contributed by atoms with van der Waals surface area (Å²) in [6.45, 7) is 12.3. The highest BCUT2D eigenvalue weighted by Crippen LogP contribution is 2.37. The highest BCUT2D eigenvalue weighted by molar-refractivity contribution is 6.68. The van der Waals surface area contributed by atoms with Crippen LogP contribution in [-0.2, 0) is 8.85 Å². The first-order valence-electron chi connectivity index (χ1n) is 7.50. The second-order valence-corrected chi connectivity index (χ2v) is 9.81. The van der Waals surface area contributed by atoms with E-state index in [1.54, 1.807) is 0 Å². The molecule has 0 aliphatic heterocycles. The largest absolute Gasteiger partial charge is 0.430 e. The highest BCUT2D eigenvalue weighted by Gasteiger charge is 2.51. The van der Waals surface area contributed by atoms with Gasteiger partial charge in [-0.05, 0) is 26.7 Å². The van der Waals surface area contributed by atoms with Crippen LogP contribution in [0.5, 0.6) is 0 Å². The molecule has 1 aliphatic carbocycles. The summed E-state index contributed by atoms with van der Waals surface area (Å²) in [7, 11) is -2.33. The standard InChI is InChI=1S/C14H31NO2Si/c1-6-16-18(17-7-2,14(3,4)5)15-13-11-9-8-10-12-13/h13,15H,6-12H2,1-5H3. The van der Waals surface area contributed by atoms with Crippen LogP contribution in [0, 0.1) is 0 Å². The minimum atomic E-state index is -2.33. The second kappa shape index (κ2) is 7.03. The van der Waals surface area contributed by atoms with E-state index in [1.807, 2.05) is 0 Å². The van der Waals surface area contributed by atoms with E-state index < -0.39 is 8.72 Å². The van der Waals surface area contributed by atoms with Crippen LogP contribution < -0.4 is 4.98 Å². The summed E-state index contributed by atoms with van der Waals surface area (Å²) in [5.74, 6) is 0. The third-order valence-corrected chi connectivity index (χ3v) is 7.84. The van der Waals surface area contributed by atoms with Gasteiger partial charge in [0.25, 0.3) is 0 Å². The molecular formula is C14H31NO2Si. The van der Waals surface area contributed by atoms with Crippen molar-refractivity contribution in [2.24, 2.45) is 0 Å². The monoisotopic (exact) mass is 273 g/mol. The molecule has 1 N–H and O–H groups in total. The maximum Gasteiger partial charge on any atom is 0.430 e. The topological polar surface area (TPSA) is 30.5 Å². The molecule has 1 fully saturated rings. The van der Waals surface area contributed by atoms with E-state index in [2.05, 4.69) is 39.6 Å². The molecule has 108 valence electrons. The summed E-state index contributed by atoms with van der Waals surface area (Å²) < 4.78 is 12.3. The molecule has 0 aromatic heterocycles. The molecule has 0 spiro atoms. The van der Waals surface area contributed by atoms with Gasteiger partial charge in [0.05, 0.1) is 0 Å². The van der Waals surface area contributed by atoms with E-state index in [-0.39, 0.29) is 5.04 Å². The smallest absolute Gasteiger partial charge is 0.383 e. The Morgan fingerprint density at radius 3 is 1.89 bits per heavy atom. The van der Waals surface area contributed by atoms with Crippen molar-refractivity contribution in [1.82, 2.24) is 4.98 Å². The van der Waals surface area contributed by atoms with Gasteiger partial charge in [0.1, 0.15) is 0 Å². The van der Waals surface area contributed by atoms with Crippen LogP contribution in [-0.4, -0.2) is 28.0 Å². The van der Waals surface area contributed by atoms with Crippen molar-refractivity contribution in [3.8, 4) is 0 Å². The third-order valence-electron chi connectivity index (χ3n) is 3.68. The molecule has 1 rings (SSSR count). The first-order chi connectivity index (χ1) is 8.45. The number of hydrogen-bond acceptors (Lipinski definition) is 3. The highest BCUT2D eigenvalue weighted by atomic mass is 28.4. The van der Waals surface area contributed by atoms with Gasteiger partial charge in [-0.1, -0.05) is 40.0 Å². The van der Waals surface area contributed by atoms with Crippen molar-refractivity contribution in [3.05, 3.63) is 0 Å². The molecule has 4 heteroatoms. The molecule has 0 aromatic rings. The minimum absolute atomic E-state index is 0.0521.